The minimum absolute atomic E-state index is 0.155. The van der Waals surface area contributed by atoms with Crippen LogP contribution in [0.5, 0.6) is 0 Å². The monoisotopic (exact) mass is 1700 g/mol. The van der Waals surface area contributed by atoms with Crippen molar-refractivity contribution in [3.05, 3.63) is 180 Å². The van der Waals surface area contributed by atoms with Crippen LogP contribution < -0.4 is 24.5 Å². The Balaban J connectivity index is 0.0000000967. The zero-order chi connectivity index (χ0) is 88.6. The first-order valence-electron chi connectivity index (χ1n) is 48.0. The molecule has 3 saturated carbocycles. The van der Waals surface area contributed by atoms with E-state index >= 15 is 0 Å². The number of aromatic nitrogens is 5. The van der Waals surface area contributed by atoms with Crippen molar-refractivity contribution in [1.29, 1.82) is 0 Å². The topological polar surface area (TPSA) is 153 Å². The average molecular weight is 1700 g/mol. The zero-order valence-corrected chi connectivity index (χ0v) is 79.4. The lowest BCUT2D eigenvalue weighted by Crippen LogP contribution is -2.72. The quantitative estimate of drug-likeness (QED) is 0.160. The summed E-state index contributed by atoms with van der Waals surface area (Å²) >= 11 is 0. The first-order valence-corrected chi connectivity index (χ1v) is 48.0. The molecular formula is C110H132N12O5. The first-order chi connectivity index (χ1) is 60.6. The molecular weight excluding hydrogens is 1570 g/mol. The minimum atomic E-state index is 0.155. The second-order valence-corrected chi connectivity index (χ2v) is 43.2. The molecule has 5 aromatic carbocycles. The van der Waals surface area contributed by atoms with Crippen molar-refractivity contribution >= 4 is 139 Å². The van der Waals surface area contributed by atoms with Crippen molar-refractivity contribution in [2.75, 3.05) is 44.1 Å². The van der Waals surface area contributed by atoms with E-state index < -0.39 is 0 Å². The van der Waals surface area contributed by atoms with Crippen molar-refractivity contribution in [3.8, 4) is 0 Å². The number of pyridine rings is 5. The Labute approximate surface area is 749 Å². The maximum Gasteiger partial charge on any atom is 0.227 e. The molecule has 15 atom stereocenters. The van der Waals surface area contributed by atoms with Gasteiger partial charge in [-0.15, -0.1) is 0 Å². The van der Waals surface area contributed by atoms with Crippen molar-refractivity contribution in [2.24, 2.45) is 34.0 Å². The van der Waals surface area contributed by atoms with Crippen LogP contribution in [0.3, 0.4) is 0 Å². The maximum atomic E-state index is 6.36. The number of fused-ring (bicyclic) bond motifs is 30. The summed E-state index contributed by atoms with van der Waals surface area (Å²) in [7, 11) is 0. The van der Waals surface area contributed by atoms with E-state index in [0.717, 1.165) is 95.2 Å². The van der Waals surface area contributed by atoms with E-state index in [1.54, 1.807) is 12.4 Å². The van der Waals surface area contributed by atoms with E-state index in [1.165, 1.54) is 186 Å². The number of nitrogens with zero attached hydrogens (tertiary/aromatic N) is 12. The van der Waals surface area contributed by atoms with Crippen LogP contribution in [0, 0.1) is 68.6 Å². The lowest BCUT2D eigenvalue weighted by atomic mass is 9.50. The largest absolute Gasteiger partial charge is 0.436 e. The molecule has 12 saturated heterocycles. The SMILES string of the molecule is Cc1ccc2c(oc3ncccc32)c1N1C(C)C2(C)CCC1(C)C(C)C2C.Cc1ccc2c(oc3ncccc32)c1N1C(C)C2(C)CCC1(C)CC2.Cc1ccc2c(oc3ncccc32)c1N1C(C)C2(C)CCC1(C)CC2C.Cc1ccc2c(oc3ncccc32)c1N1C(C)N2CCC1(C)CC2.Cc1ccc2c(oc3ncccc32)c1N1C(C)N2CCC1(C)CC2C. The fraction of sp³-hybridized carbons (Fsp3) is 0.500. The van der Waals surface area contributed by atoms with E-state index in [2.05, 4.69) is 303 Å². The van der Waals surface area contributed by atoms with E-state index in [9.17, 15) is 0 Å². The summed E-state index contributed by atoms with van der Waals surface area (Å²) in [5.74, 6) is 2.12. The third-order valence-electron chi connectivity index (χ3n) is 36.5. The van der Waals surface area contributed by atoms with Crippen LogP contribution in [-0.4, -0.2) is 119 Å². The van der Waals surface area contributed by atoms with Gasteiger partial charge in [0.25, 0.3) is 0 Å². The van der Waals surface area contributed by atoms with Crippen molar-refractivity contribution in [1.82, 2.24) is 34.7 Å². The van der Waals surface area contributed by atoms with Gasteiger partial charge < -0.3 is 46.6 Å². The molecule has 3 aliphatic carbocycles. The van der Waals surface area contributed by atoms with E-state index in [0.29, 0.717) is 58.7 Å². The summed E-state index contributed by atoms with van der Waals surface area (Å²) in [5.41, 5.74) is 23.6. The van der Waals surface area contributed by atoms with Gasteiger partial charge in [-0.05, 0) is 317 Å². The highest BCUT2D eigenvalue weighted by atomic mass is 16.4. The molecule has 12 aliphatic heterocycles. The molecule has 15 unspecified atom stereocenters. The van der Waals surface area contributed by atoms with Gasteiger partial charge in [0, 0.05) is 156 Å². The van der Waals surface area contributed by atoms with E-state index in [4.69, 9.17) is 22.1 Å². The fourth-order valence-electron chi connectivity index (χ4n) is 27.6. The van der Waals surface area contributed by atoms with Gasteiger partial charge in [-0.3, -0.25) is 9.80 Å². The van der Waals surface area contributed by atoms with Gasteiger partial charge in [-0.1, -0.05) is 102 Å². The predicted molar refractivity (Wildman–Crippen MR) is 523 cm³/mol. The normalized spacial score (nSPS) is 32.9. The van der Waals surface area contributed by atoms with Gasteiger partial charge in [0.05, 0.1) is 40.8 Å². The Morgan fingerprint density at radius 1 is 0.291 bits per heavy atom. The third-order valence-corrected chi connectivity index (χ3v) is 36.5. The molecule has 15 aromatic rings. The van der Waals surface area contributed by atoms with Crippen LogP contribution >= 0.6 is 0 Å². The second-order valence-electron chi connectivity index (χ2n) is 43.2. The fourth-order valence-corrected chi connectivity index (χ4v) is 27.6. The first kappa shape index (κ1) is 83.7. The van der Waals surface area contributed by atoms with Crippen molar-refractivity contribution < 1.29 is 22.1 Å². The summed E-state index contributed by atoms with van der Waals surface area (Å²) in [6.45, 7) is 56.0. The van der Waals surface area contributed by atoms with Crippen LogP contribution in [-0.2, 0) is 0 Å². The Bertz CT molecular complexity index is 6850. The molecule has 10 aromatic heterocycles. The van der Waals surface area contributed by atoms with Crippen LogP contribution in [0.4, 0.5) is 28.4 Å². The summed E-state index contributed by atoms with van der Waals surface area (Å²) in [6.07, 6.45) is 26.2. The maximum absolute atomic E-state index is 6.36. The third kappa shape index (κ3) is 12.4. The van der Waals surface area contributed by atoms with Crippen LogP contribution in [0.1, 0.15) is 229 Å². The van der Waals surface area contributed by atoms with E-state index in [1.807, 2.05) is 48.9 Å². The molecule has 15 fully saturated rings. The zero-order valence-electron chi connectivity index (χ0n) is 79.4. The Hall–Kier alpha value is -10.2. The summed E-state index contributed by atoms with van der Waals surface area (Å²) in [4.78, 5) is 40.8. The summed E-state index contributed by atoms with van der Waals surface area (Å²) in [6, 6.07) is 44.8. The number of piperidine rings is 8. The number of hydrogen-bond acceptors (Lipinski definition) is 17. The van der Waals surface area contributed by atoms with Gasteiger partial charge in [0.1, 0.15) is 0 Å². The predicted octanol–water partition coefficient (Wildman–Crippen LogP) is 27.3. The molecule has 30 rings (SSSR count). The van der Waals surface area contributed by atoms with E-state index in [-0.39, 0.29) is 27.7 Å². The molecule has 127 heavy (non-hydrogen) atoms. The molecule has 0 radical (unpaired) electrons. The van der Waals surface area contributed by atoms with Gasteiger partial charge >= 0.3 is 0 Å². The smallest absolute Gasteiger partial charge is 0.227 e. The molecule has 17 nitrogen and oxygen atoms in total. The number of rotatable bonds is 5. The van der Waals surface area contributed by atoms with Gasteiger partial charge in [0.15, 0.2) is 27.9 Å². The lowest BCUT2D eigenvalue weighted by Gasteiger charge is -2.68. The number of aryl methyl sites for hydroxylation is 5. The Morgan fingerprint density at radius 3 is 0.984 bits per heavy atom. The lowest BCUT2D eigenvalue weighted by molar-refractivity contribution is -0.0523. The van der Waals surface area contributed by atoms with Gasteiger partial charge in [0.2, 0.25) is 28.6 Å². The highest BCUT2D eigenvalue weighted by Crippen LogP contribution is 2.64. The summed E-state index contributed by atoms with van der Waals surface area (Å²) < 4.78 is 31.5. The molecule has 0 N–H and O–H groups in total. The highest BCUT2D eigenvalue weighted by molar-refractivity contribution is 6.13. The van der Waals surface area contributed by atoms with Gasteiger partial charge in [-0.25, -0.2) is 24.9 Å². The number of anilines is 5. The molecule has 0 amide bonds. The molecule has 17 heteroatoms. The van der Waals surface area contributed by atoms with Crippen molar-refractivity contribution in [3.63, 3.8) is 0 Å². The van der Waals surface area contributed by atoms with Gasteiger partial charge in [-0.2, -0.15) is 0 Å². The highest BCUT2D eigenvalue weighted by Gasteiger charge is 2.62. The number of hydrogen-bond donors (Lipinski definition) is 0. The van der Waals surface area contributed by atoms with Crippen LogP contribution in [0.25, 0.3) is 110 Å². The van der Waals surface area contributed by atoms with Crippen LogP contribution in [0.2, 0.25) is 0 Å². The van der Waals surface area contributed by atoms with Crippen molar-refractivity contribution in [2.45, 2.75) is 300 Å². The van der Waals surface area contributed by atoms with Crippen LogP contribution in [0.15, 0.2) is 174 Å². The molecule has 0 spiro atoms. The molecule has 662 valence electrons. The Morgan fingerprint density at radius 2 is 0.614 bits per heavy atom. The number of benzene rings is 5. The summed E-state index contributed by atoms with van der Waals surface area (Å²) in [5, 5.41) is 11.4. The molecule has 15 aliphatic rings. The average Bonchev–Trinajstić information content (AvgIpc) is 0.919. The second kappa shape index (κ2) is 29.7. The Kier molecular flexibility index (Phi) is 19.5. The molecule has 22 heterocycles. The standard InChI is InChI=1S/C24H30N2O.C23H28N2O.C22H26N2O.C21H25N3O.C20H23N3O/c1-14-9-10-18-19-8-7-13-25-22(19)27-21(18)20(14)26-17(4)23(5)11-12-24(26,6)16(3)15(23)2;1-14-8-9-17-18-7-6-12-24-21(18)26-20(17)19(14)25-16(3)23(5)11-10-22(25,4)13-15(23)2;1-14-7-8-16-17-6-5-13-23-20(17)25-19(16)18(14)24-15(2)21(3)9-11-22(24,4)12-10-21;1-13-7-8-16-17-6-5-10-22-20(17)25-19(16)18(13)24-15(3)23-11-9-21(24,4)12-14(23)2;1-13-6-7-15-16-5-4-10-21-19(16)24-18(15)17(13)23-14(2)22-11-8-20(23,3)9-12-22/h7-10,13,15-17H,11-12H2,1-6H3;6-9,12,15-16H,10-11,13H2,1-5H3;5-8,13,15H,9-12H2,1-4H3;5-8,10,14-15H,9,11-12H2,1-4H3;4-7,10,14H,8-9,11-12H2,1-3H3. The minimum Gasteiger partial charge on any atom is -0.436 e. The molecule has 10 bridgehead atoms. The number of furan rings is 5.